The Balaban J connectivity index is 1.84. The molecule has 27 heavy (non-hydrogen) atoms. The summed E-state index contributed by atoms with van der Waals surface area (Å²) in [5.74, 6) is 0. The SMILES string of the molecule is Cc1ccc2c(c1)-c1ccccc1N(c1ccccc1)B2c1ccccc1. The first-order valence-electron chi connectivity index (χ1n) is 9.42. The zero-order chi connectivity index (χ0) is 18.2. The van der Waals surface area contributed by atoms with Gasteiger partial charge >= 0.3 is 6.85 Å². The van der Waals surface area contributed by atoms with Gasteiger partial charge in [0.2, 0.25) is 0 Å². The molecule has 5 rings (SSSR count). The lowest BCUT2D eigenvalue weighted by atomic mass is 9.45. The van der Waals surface area contributed by atoms with Gasteiger partial charge in [0, 0.05) is 16.9 Å². The van der Waals surface area contributed by atoms with Crippen molar-refractivity contribution in [1.29, 1.82) is 0 Å². The van der Waals surface area contributed by atoms with Crippen molar-refractivity contribution in [3.05, 3.63) is 109 Å². The van der Waals surface area contributed by atoms with Crippen molar-refractivity contribution >= 4 is 29.1 Å². The summed E-state index contributed by atoms with van der Waals surface area (Å²) in [6, 6.07) is 37.1. The van der Waals surface area contributed by atoms with Crippen molar-refractivity contribution in [3.63, 3.8) is 0 Å². The Kier molecular flexibility index (Phi) is 3.83. The number of fused-ring (bicyclic) bond motifs is 3. The Labute approximate surface area is 161 Å². The van der Waals surface area contributed by atoms with Crippen LogP contribution in [-0.2, 0) is 0 Å². The van der Waals surface area contributed by atoms with Gasteiger partial charge in [-0.2, -0.15) is 0 Å². The van der Waals surface area contributed by atoms with Crippen LogP contribution >= 0.6 is 0 Å². The van der Waals surface area contributed by atoms with E-state index in [-0.39, 0.29) is 6.85 Å². The Morgan fingerprint density at radius 3 is 2.07 bits per heavy atom. The highest BCUT2D eigenvalue weighted by Crippen LogP contribution is 2.39. The van der Waals surface area contributed by atoms with Gasteiger partial charge in [-0.1, -0.05) is 96.0 Å². The molecule has 0 N–H and O–H groups in total. The van der Waals surface area contributed by atoms with Crippen LogP contribution in [0.2, 0.25) is 0 Å². The molecular weight excluding hydrogens is 325 g/mol. The van der Waals surface area contributed by atoms with E-state index in [2.05, 4.69) is 115 Å². The van der Waals surface area contributed by atoms with Gasteiger partial charge in [-0.05, 0) is 36.1 Å². The lowest BCUT2D eigenvalue weighted by Crippen LogP contribution is -2.57. The molecule has 1 aliphatic heterocycles. The highest BCUT2D eigenvalue weighted by Gasteiger charge is 2.36. The summed E-state index contributed by atoms with van der Waals surface area (Å²) in [6.07, 6.45) is 0. The maximum Gasteiger partial charge on any atom is 0.328 e. The molecule has 0 aliphatic carbocycles. The second kappa shape index (κ2) is 6.48. The molecule has 1 nitrogen and oxygen atoms in total. The summed E-state index contributed by atoms with van der Waals surface area (Å²) in [7, 11) is 0. The van der Waals surface area contributed by atoms with E-state index in [1.165, 1.54) is 39.0 Å². The van der Waals surface area contributed by atoms with Crippen LogP contribution in [0.15, 0.2) is 103 Å². The third-order valence-electron chi connectivity index (χ3n) is 5.37. The maximum atomic E-state index is 2.47. The van der Waals surface area contributed by atoms with Crippen molar-refractivity contribution in [1.82, 2.24) is 0 Å². The summed E-state index contributed by atoms with van der Waals surface area (Å²) in [6.45, 7) is 2.32. The van der Waals surface area contributed by atoms with E-state index in [9.17, 15) is 0 Å². The molecule has 4 aromatic carbocycles. The molecule has 1 aliphatic rings. The van der Waals surface area contributed by atoms with Crippen LogP contribution in [0.1, 0.15) is 5.56 Å². The summed E-state index contributed by atoms with van der Waals surface area (Å²) in [4.78, 5) is 2.47. The average Bonchev–Trinajstić information content (AvgIpc) is 2.74. The summed E-state index contributed by atoms with van der Waals surface area (Å²) < 4.78 is 0. The van der Waals surface area contributed by atoms with E-state index in [4.69, 9.17) is 0 Å². The molecule has 2 heteroatoms. The zero-order valence-corrected chi connectivity index (χ0v) is 15.3. The molecule has 0 saturated carbocycles. The summed E-state index contributed by atoms with van der Waals surface area (Å²) >= 11 is 0. The molecule has 0 radical (unpaired) electrons. The Morgan fingerprint density at radius 2 is 1.30 bits per heavy atom. The van der Waals surface area contributed by atoms with Crippen molar-refractivity contribution in [2.24, 2.45) is 0 Å². The van der Waals surface area contributed by atoms with Gasteiger partial charge in [-0.15, -0.1) is 0 Å². The van der Waals surface area contributed by atoms with Crippen LogP contribution in [-0.4, -0.2) is 6.85 Å². The largest absolute Gasteiger partial charge is 0.376 e. The lowest BCUT2D eigenvalue weighted by Gasteiger charge is -2.39. The second-order valence-corrected chi connectivity index (χ2v) is 7.13. The van der Waals surface area contributed by atoms with Crippen molar-refractivity contribution in [3.8, 4) is 11.1 Å². The Morgan fingerprint density at radius 1 is 0.630 bits per heavy atom. The number of nitrogens with zero attached hydrogens (tertiary/aromatic N) is 1. The third kappa shape index (κ3) is 2.65. The van der Waals surface area contributed by atoms with Gasteiger partial charge in [0.05, 0.1) is 0 Å². The number of hydrogen-bond donors (Lipinski definition) is 0. The molecule has 0 unspecified atom stereocenters. The van der Waals surface area contributed by atoms with Crippen molar-refractivity contribution in [2.45, 2.75) is 6.92 Å². The Hall–Kier alpha value is -3.26. The number of rotatable bonds is 2. The topological polar surface area (TPSA) is 3.24 Å². The number of anilines is 2. The predicted molar refractivity (Wildman–Crippen MR) is 117 cm³/mol. The molecule has 0 saturated heterocycles. The van der Waals surface area contributed by atoms with Crippen LogP contribution in [0.5, 0.6) is 0 Å². The van der Waals surface area contributed by atoms with E-state index in [1.54, 1.807) is 0 Å². The minimum absolute atomic E-state index is 0.152. The fourth-order valence-corrected chi connectivity index (χ4v) is 4.17. The molecule has 0 amide bonds. The van der Waals surface area contributed by atoms with Gasteiger partial charge < -0.3 is 4.81 Å². The van der Waals surface area contributed by atoms with Crippen LogP contribution in [0, 0.1) is 6.92 Å². The van der Waals surface area contributed by atoms with E-state index >= 15 is 0 Å². The van der Waals surface area contributed by atoms with Crippen molar-refractivity contribution < 1.29 is 0 Å². The second-order valence-electron chi connectivity index (χ2n) is 7.13. The summed E-state index contributed by atoms with van der Waals surface area (Å²) in [5, 5.41) is 0. The molecule has 0 spiro atoms. The van der Waals surface area contributed by atoms with E-state index < -0.39 is 0 Å². The molecule has 0 fully saturated rings. The standard InChI is InChI=1S/C25H20BN/c1-19-16-17-24-23(18-19)22-14-8-9-15-25(22)27(21-12-6-3-7-13-21)26(24)20-10-4-2-5-11-20/h2-18H,1H3. The quantitative estimate of drug-likeness (QED) is 0.466. The van der Waals surface area contributed by atoms with Gasteiger partial charge in [0.15, 0.2) is 0 Å². The van der Waals surface area contributed by atoms with Gasteiger partial charge in [0.25, 0.3) is 0 Å². The number of para-hydroxylation sites is 2. The predicted octanol–water partition coefficient (Wildman–Crippen LogP) is 4.92. The van der Waals surface area contributed by atoms with Gasteiger partial charge in [-0.25, -0.2) is 0 Å². The fourth-order valence-electron chi connectivity index (χ4n) is 4.17. The molecule has 0 bridgehead atoms. The number of aryl methyl sites for hydroxylation is 1. The zero-order valence-electron chi connectivity index (χ0n) is 15.3. The monoisotopic (exact) mass is 345 g/mol. The first-order chi connectivity index (χ1) is 13.3. The molecular formula is C25H20BN. The molecule has 4 aromatic rings. The Bertz CT molecular complexity index is 1090. The van der Waals surface area contributed by atoms with Crippen LogP contribution in [0.3, 0.4) is 0 Å². The van der Waals surface area contributed by atoms with Crippen LogP contribution in [0.25, 0.3) is 11.1 Å². The average molecular weight is 345 g/mol. The molecule has 1 heterocycles. The van der Waals surface area contributed by atoms with E-state index in [0.717, 1.165) is 0 Å². The highest BCUT2D eigenvalue weighted by molar-refractivity contribution is 6.90. The third-order valence-corrected chi connectivity index (χ3v) is 5.37. The van der Waals surface area contributed by atoms with E-state index in [0.29, 0.717) is 0 Å². The maximum absolute atomic E-state index is 2.47. The molecule has 0 atom stereocenters. The van der Waals surface area contributed by atoms with Gasteiger partial charge in [0.1, 0.15) is 0 Å². The normalized spacial score (nSPS) is 12.5. The molecule has 128 valence electrons. The first kappa shape index (κ1) is 16.0. The number of hydrogen-bond acceptors (Lipinski definition) is 1. The molecule has 0 aromatic heterocycles. The minimum Gasteiger partial charge on any atom is -0.376 e. The summed E-state index contributed by atoms with van der Waals surface area (Å²) in [5.41, 5.74) is 9.07. The smallest absolute Gasteiger partial charge is 0.328 e. The van der Waals surface area contributed by atoms with Crippen LogP contribution in [0.4, 0.5) is 11.4 Å². The lowest BCUT2D eigenvalue weighted by molar-refractivity contribution is 1.36. The van der Waals surface area contributed by atoms with E-state index in [1.807, 2.05) is 0 Å². The fraction of sp³-hybridized carbons (Fsp3) is 0.0400. The minimum atomic E-state index is 0.152. The van der Waals surface area contributed by atoms with Crippen molar-refractivity contribution in [2.75, 3.05) is 4.81 Å². The van der Waals surface area contributed by atoms with Crippen LogP contribution < -0.4 is 15.7 Å². The van der Waals surface area contributed by atoms with Gasteiger partial charge in [-0.3, -0.25) is 0 Å². The first-order valence-corrected chi connectivity index (χ1v) is 9.42. The highest BCUT2D eigenvalue weighted by atomic mass is 15.1. The number of benzene rings is 4.